The standard InChI is InChI=1S/C17H33N5O.HI/c1-5-18-16(20-11-15(23)21-17(2,3)4)19-10-13-8-9-22(12-13)14-6-7-14;/h13-14H,5-12H2,1-4H3,(H,21,23)(H2,18,19,20);1H. The molecule has 6 nitrogen and oxygen atoms in total. The minimum Gasteiger partial charge on any atom is -0.357 e. The molecule has 1 unspecified atom stereocenters. The third-order valence-corrected chi connectivity index (χ3v) is 4.18. The number of halogens is 1. The van der Waals surface area contributed by atoms with Crippen LogP contribution in [0.15, 0.2) is 4.99 Å². The fourth-order valence-corrected chi connectivity index (χ4v) is 2.99. The highest BCUT2D eigenvalue weighted by Crippen LogP contribution is 2.31. The fraction of sp³-hybridized carbons (Fsp3) is 0.882. The highest BCUT2D eigenvalue weighted by atomic mass is 127. The van der Waals surface area contributed by atoms with E-state index in [2.05, 4.69) is 25.8 Å². The van der Waals surface area contributed by atoms with E-state index in [9.17, 15) is 4.79 Å². The first-order valence-electron chi connectivity index (χ1n) is 8.94. The minimum atomic E-state index is -0.214. The summed E-state index contributed by atoms with van der Waals surface area (Å²) >= 11 is 0. The van der Waals surface area contributed by atoms with Gasteiger partial charge in [0.05, 0.1) is 0 Å². The summed E-state index contributed by atoms with van der Waals surface area (Å²) in [4.78, 5) is 18.9. The number of carbonyl (C=O) groups is 1. The van der Waals surface area contributed by atoms with Crippen molar-refractivity contribution in [3.8, 4) is 0 Å². The Kier molecular flexibility index (Phi) is 8.76. The van der Waals surface area contributed by atoms with Crippen LogP contribution in [0.4, 0.5) is 0 Å². The van der Waals surface area contributed by atoms with Crippen LogP contribution in [-0.4, -0.2) is 61.1 Å². The van der Waals surface area contributed by atoms with E-state index in [0.717, 1.165) is 25.1 Å². The number of rotatable bonds is 6. The quantitative estimate of drug-likeness (QED) is 0.326. The summed E-state index contributed by atoms with van der Waals surface area (Å²) in [5.41, 5.74) is -0.214. The van der Waals surface area contributed by atoms with Crippen molar-refractivity contribution in [2.45, 2.75) is 58.5 Å². The third-order valence-electron chi connectivity index (χ3n) is 4.18. The molecule has 2 aliphatic rings. The largest absolute Gasteiger partial charge is 0.357 e. The van der Waals surface area contributed by atoms with Gasteiger partial charge >= 0.3 is 0 Å². The lowest BCUT2D eigenvalue weighted by atomic mass is 10.1. The molecule has 3 N–H and O–H groups in total. The minimum absolute atomic E-state index is 0. The van der Waals surface area contributed by atoms with E-state index < -0.39 is 0 Å². The summed E-state index contributed by atoms with van der Waals surface area (Å²) < 4.78 is 0. The van der Waals surface area contributed by atoms with Gasteiger partial charge in [0.1, 0.15) is 6.54 Å². The van der Waals surface area contributed by atoms with Gasteiger partial charge in [0.15, 0.2) is 5.96 Å². The zero-order chi connectivity index (χ0) is 16.9. The van der Waals surface area contributed by atoms with Gasteiger partial charge in [-0.25, -0.2) is 4.99 Å². The molecule has 0 aromatic carbocycles. The number of guanidine groups is 1. The number of carbonyl (C=O) groups excluding carboxylic acids is 1. The van der Waals surface area contributed by atoms with Crippen molar-refractivity contribution in [1.82, 2.24) is 20.9 Å². The van der Waals surface area contributed by atoms with Gasteiger partial charge in [0, 0.05) is 31.2 Å². The Morgan fingerprint density at radius 2 is 1.92 bits per heavy atom. The lowest BCUT2D eigenvalue weighted by Gasteiger charge is -2.20. The maximum atomic E-state index is 11.9. The molecule has 2 rings (SSSR count). The van der Waals surface area contributed by atoms with Gasteiger partial charge in [-0.15, -0.1) is 24.0 Å². The van der Waals surface area contributed by atoms with E-state index in [-0.39, 0.29) is 42.0 Å². The summed E-state index contributed by atoms with van der Waals surface area (Å²) in [7, 11) is 0. The predicted molar refractivity (Wildman–Crippen MR) is 110 cm³/mol. The molecule has 1 heterocycles. The molecule has 140 valence electrons. The molecule has 1 aliphatic carbocycles. The van der Waals surface area contributed by atoms with Crippen LogP contribution in [0.25, 0.3) is 0 Å². The van der Waals surface area contributed by atoms with E-state index in [0.29, 0.717) is 5.92 Å². The second-order valence-electron chi connectivity index (χ2n) is 7.76. The Hall–Kier alpha value is -0.570. The smallest absolute Gasteiger partial charge is 0.242 e. The monoisotopic (exact) mass is 451 g/mol. The molecule has 1 saturated heterocycles. The van der Waals surface area contributed by atoms with Gasteiger partial charge in [-0.05, 0) is 59.4 Å². The number of hydrogen-bond acceptors (Lipinski definition) is 3. The third kappa shape index (κ3) is 8.00. The van der Waals surface area contributed by atoms with E-state index in [4.69, 9.17) is 0 Å². The molecule has 1 amide bonds. The van der Waals surface area contributed by atoms with Crippen molar-refractivity contribution in [3.05, 3.63) is 0 Å². The van der Waals surface area contributed by atoms with Gasteiger partial charge in [-0.3, -0.25) is 4.79 Å². The summed E-state index contributed by atoms with van der Waals surface area (Å²) in [6, 6.07) is 0.864. The van der Waals surface area contributed by atoms with Crippen molar-refractivity contribution in [2.75, 3.05) is 32.7 Å². The van der Waals surface area contributed by atoms with E-state index in [1.54, 1.807) is 0 Å². The topological polar surface area (TPSA) is 68.8 Å². The molecule has 1 atom stereocenters. The van der Waals surface area contributed by atoms with Gasteiger partial charge in [-0.2, -0.15) is 0 Å². The highest BCUT2D eigenvalue weighted by molar-refractivity contribution is 14.0. The average molecular weight is 451 g/mol. The molecule has 1 aliphatic heterocycles. The zero-order valence-electron chi connectivity index (χ0n) is 15.5. The summed E-state index contributed by atoms with van der Waals surface area (Å²) in [6.07, 6.45) is 4.02. The van der Waals surface area contributed by atoms with Crippen molar-refractivity contribution in [2.24, 2.45) is 10.9 Å². The van der Waals surface area contributed by atoms with Crippen molar-refractivity contribution in [3.63, 3.8) is 0 Å². The number of hydrogen-bond donors (Lipinski definition) is 3. The summed E-state index contributed by atoms with van der Waals surface area (Å²) in [5, 5.41) is 9.54. The molecular formula is C17H34IN5O. The van der Waals surface area contributed by atoms with E-state index in [1.165, 1.54) is 32.4 Å². The van der Waals surface area contributed by atoms with Crippen molar-refractivity contribution in [1.29, 1.82) is 0 Å². The number of likely N-dealkylation sites (tertiary alicyclic amines) is 1. The summed E-state index contributed by atoms with van der Waals surface area (Å²) in [6.45, 7) is 12.3. The number of nitrogens with zero attached hydrogens (tertiary/aromatic N) is 2. The molecule has 0 radical (unpaired) electrons. The summed E-state index contributed by atoms with van der Waals surface area (Å²) in [5.74, 6) is 1.37. The molecule has 2 fully saturated rings. The lowest BCUT2D eigenvalue weighted by molar-refractivity contribution is -0.121. The molecule has 0 aromatic heterocycles. The first kappa shape index (κ1) is 21.5. The maximum absolute atomic E-state index is 11.9. The van der Waals surface area contributed by atoms with Crippen molar-refractivity contribution >= 4 is 35.8 Å². The number of aliphatic imine (C=N–C) groups is 1. The first-order chi connectivity index (χ1) is 10.9. The number of nitrogens with one attached hydrogen (secondary N) is 3. The first-order valence-corrected chi connectivity index (χ1v) is 8.94. The molecule has 0 aromatic rings. The average Bonchev–Trinajstić information content (AvgIpc) is 3.19. The van der Waals surface area contributed by atoms with Crippen LogP contribution >= 0.6 is 24.0 Å². The molecule has 0 bridgehead atoms. The van der Waals surface area contributed by atoms with Gasteiger partial charge in [0.25, 0.3) is 0 Å². The second-order valence-corrected chi connectivity index (χ2v) is 7.76. The number of amides is 1. The Morgan fingerprint density at radius 3 is 2.50 bits per heavy atom. The predicted octanol–water partition coefficient (Wildman–Crippen LogP) is 1.56. The van der Waals surface area contributed by atoms with Gasteiger partial charge in [0.2, 0.25) is 5.91 Å². The van der Waals surface area contributed by atoms with Crippen LogP contribution < -0.4 is 16.0 Å². The molecule has 24 heavy (non-hydrogen) atoms. The molecule has 0 spiro atoms. The molecule has 7 heteroatoms. The normalized spacial score (nSPS) is 22.0. The molecular weight excluding hydrogens is 417 g/mol. The van der Waals surface area contributed by atoms with Crippen LogP contribution in [-0.2, 0) is 4.79 Å². The fourth-order valence-electron chi connectivity index (χ4n) is 2.99. The van der Waals surface area contributed by atoms with Crippen LogP contribution in [0.3, 0.4) is 0 Å². The highest BCUT2D eigenvalue weighted by Gasteiger charge is 2.34. The van der Waals surface area contributed by atoms with Crippen molar-refractivity contribution < 1.29 is 4.79 Å². The van der Waals surface area contributed by atoms with Crippen LogP contribution in [0, 0.1) is 5.92 Å². The molecule has 1 saturated carbocycles. The van der Waals surface area contributed by atoms with Crippen LogP contribution in [0.2, 0.25) is 0 Å². The maximum Gasteiger partial charge on any atom is 0.242 e. The SMILES string of the molecule is CCNC(=NCC(=O)NC(C)(C)C)NCC1CCN(C2CC2)C1.I. The van der Waals surface area contributed by atoms with Gasteiger partial charge < -0.3 is 20.9 Å². The Labute approximate surface area is 163 Å². The second kappa shape index (κ2) is 9.79. The van der Waals surface area contributed by atoms with Gasteiger partial charge in [-0.1, -0.05) is 0 Å². The zero-order valence-corrected chi connectivity index (χ0v) is 17.9. The van der Waals surface area contributed by atoms with Crippen LogP contribution in [0.5, 0.6) is 0 Å². The Balaban J connectivity index is 0.00000288. The lowest BCUT2D eigenvalue weighted by Crippen LogP contribution is -2.44. The van der Waals surface area contributed by atoms with E-state index in [1.807, 2.05) is 27.7 Å². The van der Waals surface area contributed by atoms with E-state index >= 15 is 0 Å². The Morgan fingerprint density at radius 1 is 1.21 bits per heavy atom. The van der Waals surface area contributed by atoms with Crippen LogP contribution in [0.1, 0.15) is 47.0 Å². The Bertz CT molecular complexity index is 431.